The summed E-state index contributed by atoms with van der Waals surface area (Å²) in [6, 6.07) is 23.9. The van der Waals surface area contributed by atoms with Crippen molar-refractivity contribution in [2.45, 2.75) is 26.4 Å². The minimum Gasteiger partial charge on any atom is -0.497 e. The van der Waals surface area contributed by atoms with Crippen LogP contribution in [0.25, 0.3) is 0 Å². The van der Waals surface area contributed by atoms with Crippen LogP contribution in [0.15, 0.2) is 108 Å². The summed E-state index contributed by atoms with van der Waals surface area (Å²) in [5, 5.41) is 5.61. The van der Waals surface area contributed by atoms with Gasteiger partial charge in [-0.1, -0.05) is 47.5 Å². The molecule has 204 valence electrons. The third-order valence-corrected chi connectivity index (χ3v) is 6.20. The van der Waals surface area contributed by atoms with Gasteiger partial charge in [0, 0.05) is 23.5 Å². The van der Waals surface area contributed by atoms with Gasteiger partial charge in [-0.2, -0.15) is 0 Å². The molecule has 4 aromatic rings. The number of benzene rings is 3. The first kappa shape index (κ1) is 27.9. The Labute approximate surface area is 233 Å². The van der Waals surface area contributed by atoms with Crippen LogP contribution in [0.4, 0.5) is 11.4 Å². The zero-order valence-electron chi connectivity index (χ0n) is 22.6. The highest BCUT2D eigenvalue weighted by Crippen LogP contribution is 2.30. The Kier molecular flexibility index (Phi) is 9.15. The molecule has 0 unspecified atom stereocenters. The highest BCUT2D eigenvalue weighted by molar-refractivity contribution is 6.10. The molecule has 3 amide bonds. The van der Waals surface area contributed by atoms with Gasteiger partial charge in [-0.15, -0.1) is 0 Å². The number of ether oxygens (including phenoxy) is 1. The zero-order valence-corrected chi connectivity index (χ0v) is 22.6. The fourth-order valence-electron chi connectivity index (χ4n) is 4.04. The molecule has 4 rings (SSSR count). The lowest BCUT2D eigenvalue weighted by atomic mass is 10.0. The molecule has 1 atom stereocenters. The third kappa shape index (κ3) is 7.26. The molecular weight excluding hydrogens is 506 g/mol. The third-order valence-electron chi connectivity index (χ3n) is 6.20. The molecule has 0 aliphatic rings. The highest BCUT2D eigenvalue weighted by atomic mass is 16.5. The van der Waals surface area contributed by atoms with Gasteiger partial charge in [0.25, 0.3) is 5.91 Å². The second-order valence-electron chi connectivity index (χ2n) is 9.21. The number of anilines is 2. The van der Waals surface area contributed by atoms with E-state index in [1.807, 2.05) is 50.2 Å². The zero-order chi connectivity index (χ0) is 28.5. The molecule has 3 aromatic carbocycles. The van der Waals surface area contributed by atoms with Gasteiger partial charge >= 0.3 is 0 Å². The second-order valence-corrected chi connectivity index (χ2v) is 9.21. The van der Waals surface area contributed by atoms with Gasteiger partial charge in [0.2, 0.25) is 11.8 Å². The number of hydrogen-bond acceptors (Lipinski definition) is 5. The Morgan fingerprint density at radius 3 is 2.12 bits per heavy atom. The smallest absolute Gasteiger partial charge is 0.252 e. The molecule has 0 radical (unpaired) electrons. The van der Waals surface area contributed by atoms with E-state index in [1.54, 1.807) is 55.6 Å². The number of carbonyl (C=O) groups is 3. The number of nitrogens with one attached hydrogen (secondary N) is 2. The van der Waals surface area contributed by atoms with E-state index >= 15 is 0 Å². The minimum atomic E-state index is -1.04. The average Bonchev–Trinajstić information content (AvgIpc) is 3.49. The van der Waals surface area contributed by atoms with Crippen molar-refractivity contribution < 1.29 is 23.5 Å². The molecule has 8 heteroatoms. The first-order valence-corrected chi connectivity index (χ1v) is 12.7. The van der Waals surface area contributed by atoms with Crippen LogP contribution < -0.4 is 20.3 Å². The van der Waals surface area contributed by atoms with E-state index in [2.05, 4.69) is 10.6 Å². The van der Waals surface area contributed by atoms with Gasteiger partial charge in [0.05, 0.1) is 19.9 Å². The van der Waals surface area contributed by atoms with Gasteiger partial charge in [-0.05, 0) is 67.9 Å². The van der Waals surface area contributed by atoms with Gasteiger partial charge < -0.3 is 19.8 Å². The maximum atomic E-state index is 13.7. The van der Waals surface area contributed by atoms with Crippen LogP contribution in [0.5, 0.6) is 5.75 Å². The number of furan rings is 1. The molecular formula is C32H31N3O5. The molecule has 0 aliphatic carbocycles. The van der Waals surface area contributed by atoms with Crippen molar-refractivity contribution in [1.82, 2.24) is 5.32 Å². The van der Waals surface area contributed by atoms with Gasteiger partial charge in [-0.3, -0.25) is 19.3 Å². The van der Waals surface area contributed by atoms with E-state index in [0.717, 1.165) is 23.3 Å². The highest BCUT2D eigenvalue weighted by Gasteiger charge is 2.32. The molecule has 0 bridgehead atoms. The van der Waals surface area contributed by atoms with Crippen molar-refractivity contribution in [2.24, 2.45) is 0 Å². The summed E-state index contributed by atoms with van der Waals surface area (Å²) in [5.41, 5.74) is 3.73. The molecule has 0 saturated carbocycles. The fourth-order valence-corrected chi connectivity index (χ4v) is 4.04. The number of aryl methyl sites for hydroxylation is 2. The SMILES string of the molecule is COc1ccc(N(C(=O)/C=C\C(=O)Nc2ccc(C)cc2)[C@@H](C(=O)NCc2ccco2)c2ccc(C)cc2)cc1. The number of carbonyl (C=O) groups excluding carboxylic acids is 3. The Hall–Kier alpha value is -5.11. The second kappa shape index (κ2) is 13.1. The van der Waals surface area contributed by atoms with Crippen LogP contribution in [0.3, 0.4) is 0 Å². The summed E-state index contributed by atoms with van der Waals surface area (Å²) in [6.45, 7) is 4.04. The van der Waals surface area contributed by atoms with Crippen LogP contribution in [0.2, 0.25) is 0 Å². The van der Waals surface area contributed by atoms with E-state index in [0.29, 0.717) is 28.4 Å². The van der Waals surface area contributed by atoms with E-state index < -0.39 is 23.8 Å². The summed E-state index contributed by atoms with van der Waals surface area (Å²) in [7, 11) is 1.55. The molecule has 40 heavy (non-hydrogen) atoms. The molecule has 2 N–H and O–H groups in total. The van der Waals surface area contributed by atoms with Gasteiger partial charge in [-0.25, -0.2) is 0 Å². The standard InChI is InChI=1S/C32H31N3O5/c1-22-6-10-24(11-7-22)31(32(38)33-21-28-5-4-20-40-28)35(26-14-16-27(39-3)17-15-26)30(37)19-18-29(36)34-25-12-8-23(2)9-13-25/h4-20,31H,21H2,1-3H3,(H,33,38)(H,34,36)/b19-18-/t31-/m1/s1. The number of nitrogens with zero attached hydrogens (tertiary/aromatic N) is 1. The van der Waals surface area contributed by atoms with Gasteiger partial charge in [0.1, 0.15) is 17.6 Å². The molecule has 1 aromatic heterocycles. The lowest BCUT2D eigenvalue weighted by Crippen LogP contribution is -2.43. The van der Waals surface area contributed by atoms with E-state index in [1.165, 1.54) is 11.2 Å². The maximum absolute atomic E-state index is 13.7. The Bertz CT molecular complexity index is 1460. The van der Waals surface area contributed by atoms with Crippen LogP contribution >= 0.6 is 0 Å². The molecule has 0 fully saturated rings. The van der Waals surface area contributed by atoms with Crippen LogP contribution in [-0.2, 0) is 20.9 Å². The van der Waals surface area contributed by atoms with Gasteiger partial charge in [0.15, 0.2) is 0 Å². The Morgan fingerprint density at radius 1 is 0.875 bits per heavy atom. The fraction of sp³-hybridized carbons (Fsp3) is 0.156. The summed E-state index contributed by atoms with van der Waals surface area (Å²) >= 11 is 0. The number of rotatable bonds is 10. The summed E-state index contributed by atoms with van der Waals surface area (Å²) in [5.74, 6) is -0.268. The predicted molar refractivity (Wildman–Crippen MR) is 154 cm³/mol. The van der Waals surface area contributed by atoms with E-state index in [-0.39, 0.29) is 6.54 Å². The minimum absolute atomic E-state index is 0.146. The largest absolute Gasteiger partial charge is 0.497 e. The number of amides is 3. The van der Waals surface area contributed by atoms with Crippen molar-refractivity contribution in [3.63, 3.8) is 0 Å². The molecule has 1 heterocycles. The summed E-state index contributed by atoms with van der Waals surface area (Å²) in [6.07, 6.45) is 3.85. The van der Waals surface area contributed by atoms with Crippen molar-refractivity contribution in [2.75, 3.05) is 17.3 Å². The Balaban J connectivity index is 1.67. The van der Waals surface area contributed by atoms with Crippen LogP contribution in [-0.4, -0.2) is 24.8 Å². The predicted octanol–water partition coefficient (Wildman–Crippen LogP) is 5.49. The monoisotopic (exact) mass is 537 g/mol. The molecule has 0 aliphatic heterocycles. The van der Waals surface area contributed by atoms with Crippen LogP contribution in [0, 0.1) is 13.8 Å². The lowest BCUT2D eigenvalue weighted by molar-refractivity contribution is -0.125. The van der Waals surface area contributed by atoms with Crippen molar-refractivity contribution in [3.05, 3.63) is 126 Å². The average molecular weight is 538 g/mol. The summed E-state index contributed by atoms with van der Waals surface area (Å²) in [4.78, 5) is 41.4. The maximum Gasteiger partial charge on any atom is 0.252 e. The first-order chi connectivity index (χ1) is 19.3. The lowest BCUT2D eigenvalue weighted by Gasteiger charge is -2.31. The van der Waals surface area contributed by atoms with Crippen molar-refractivity contribution in [1.29, 1.82) is 0 Å². The van der Waals surface area contributed by atoms with E-state index in [4.69, 9.17) is 9.15 Å². The Morgan fingerprint density at radius 2 is 1.52 bits per heavy atom. The topological polar surface area (TPSA) is 101 Å². The normalized spacial score (nSPS) is 11.6. The molecule has 0 spiro atoms. The van der Waals surface area contributed by atoms with Crippen molar-refractivity contribution in [3.8, 4) is 5.75 Å². The number of hydrogen-bond donors (Lipinski definition) is 2. The van der Waals surface area contributed by atoms with Crippen LogP contribution in [0.1, 0.15) is 28.5 Å². The molecule has 8 nitrogen and oxygen atoms in total. The number of methoxy groups -OCH3 is 1. The summed E-state index contributed by atoms with van der Waals surface area (Å²) < 4.78 is 10.6. The molecule has 0 saturated heterocycles. The van der Waals surface area contributed by atoms with Crippen molar-refractivity contribution >= 4 is 29.1 Å². The quantitative estimate of drug-likeness (QED) is 0.261. The van der Waals surface area contributed by atoms with E-state index in [9.17, 15) is 14.4 Å². The first-order valence-electron chi connectivity index (χ1n) is 12.7.